The van der Waals surface area contributed by atoms with E-state index in [2.05, 4.69) is 39.9 Å². The molecule has 0 spiro atoms. The molecule has 0 saturated heterocycles. The van der Waals surface area contributed by atoms with Crippen LogP contribution in [0.15, 0.2) is 79.1 Å². The maximum Gasteiger partial charge on any atom is 0.253 e. The van der Waals surface area contributed by atoms with Crippen molar-refractivity contribution in [2.45, 2.75) is 0 Å². The maximum absolute atomic E-state index is 12.2. The number of benzene rings is 3. The van der Waals surface area contributed by atoms with Crippen LogP contribution in [0.3, 0.4) is 0 Å². The molecule has 26 heavy (non-hydrogen) atoms. The highest BCUT2D eigenvalue weighted by Gasteiger charge is 2.10. The molecule has 0 aliphatic carbocycles. The smallest absolute Gasteiger partial charge is 0.253 e. The minimum atomic E-state index is 0.00119. The number of nitrogens with zero attached hydrogens (tertiary/aromatic N) is 3. The third-order valence-corrected chi connectivity index (χ3v) is 4.43. The lowest BCUT2D eigenvalue weighted by atomic mass is 10.0. The van der Waals surface area contributed by atoms with Gasteiger partial charge in [-0.2, -0.15) is 0 Å². The first-order chi connectivity index (χ1) is 12.6. The molecule has 1 heterocycles. The standard InChI is InChI=1S/C22H19N3O/c1-24(2)22(26)18-8-6-7-16(13-18)17-11-12-21-20(14-17)23-15-25(21)19-9-4-3-5-10-19/h3-15H,1-2H3. The summed E-state index contributed by atoms with van der Waals surface area (Å²) < 4.78 is 2.07. The number of aromatic nitrogens is 2. The van der Waals surface area contributed by atoms with Gasteiger partial charge in [0.05, 0.1) is 11.0 Å². The summed E-state index contributed by atoms with van der Waals surface area (Å²) in [6.07, 6.45) is 1.84. The molecule has 0 unspecified atom stereocenters. The van der Waals surface area contributed by atoms with E-state index in [1.165, 1.54) is 0 Å². The van der Waals surface area contributed by atoms with Crippen LogP contribution in [0.2, 0.25) is 0 Å². The summed E-state index contributed by atoms with van der Waals surface area (Å²) in [6, 6.07) is 24.1. The lowest BCUT2D eigenvalue weighted by Gasteiger charge is -2.11. The molecule has 0 aliphatic rings. The van der Waals surface area contributed by atoms with E-state index in [-0.39, 0.29) is 5.91 Å². The van der Waals surface area contributed by atoms with Gasteiger partial charge in [-0.3, -0.25) is 9.36 Å². The number of hydrogen-bond acceptors (Lipinski definition) is 2. The van der Waals surface area contributed by atoms with Crippen molar-refractivity contribution in [2.24, 2.45) is 0 Å². The number of carbonyl (C=O) groups excluding carboxylic acids is 1. The molecule has 4 rings (SSSR count). The van der Waals surface area contributed by atoms with Crippen molar-refractivity contribution < 1.29 is 4.79 Å². The molecule has 4 nitrogen and oxygen atoms in total. The fourth-order valence-electron chi connectivity index (χ4n) is 3.08. The third-order valence-electron chi connectivity index (χ3n) is 4.43. The molecule has 1 aromatic heterocycles. The average Bonchev–Trinajstić information content (AvgIpc) is 3.11. The number of fused-ring (bicyclic) bond motifs is 1. The summed E-state index contributed by atoms with van der Waals surface area (Å²) >= 11 is 0. The van der Waals surface area contributed by atoms with Crippen molar-refractivity contribution in [1.29, 1.82) is 0 Å². The van der Waals surface area contributed by atoms with Crippen molar-refractivity contribution in [2.75, 3.05) is 14.1 Å². The topological polar surface area (TPSA) is 38.1 Å². The van der Waals surface area contributed by atoms with Crippen LogP contribution in [0.25, 0.3) is 27.8 Å². The van der Waals surface area contributed by atoms with E-state index in [0.717, 1.165) is 27.8 Å². The van der Waals surface area contributed by atoms with Crippen LogP contribution < -0.4 is 0 Å². The molecule has 0 N–H and O–H groups in total. The van der Waals surface area contributed by atoms with Crippen molar-refractivity contribution in [3.05, 3.63) is 84.7 Å². The molecule has 128 valence electrons. The Bertz CT molecular complexity index is 1080. The first-order valence-electron chi connectivity index (χ1n) is 8.48. The van der Waals surface area contributed by atoms with Crippen LogP contribution in [0.1, 0.15) is 10.4 Å². The van der Waals surface area contributed by atoms with Gasteiger partial charge in [-0.05, 0) is 47.5 Å². The summed E-state index contributed by atoms with van der Waals surface area (Å²) in [4.78, 5) is 18.4. The SMILES string of the molecule is CN(C)C(=O)c1cccc(-c2ccc3c(c2)ncn3-c2ccccc2)c1. The summed E-state index contributed by atoms with van der Waals surface area (Å²) in [6.45, 7) is 0. The number of hydrogen-bond donors (Lipinski definition) is 0. The van der Waals surface area contributed by atoms with Crippen molar-refractivity contribution in [3.8, 4) is 16.8 Å². The summed E-state index contributed by atoms with van der Waals surface area (Å²) in [7, 11) is 3.52. The molecule has 0 saturated carbocycles. The van der Waals surface area contributed by atoms with Gasteiger partial charge in [0.25, 0.3) is 5.91 Å². The number of imidazole rings is 1. The number of rotatable bonds is 3. The maximum atomic E-state index is 12.2. The van der Waals surface area contributed by atoms with Gasteiger partial charge in [0.2, 0.25) is 0 Å². The second-order valence-corrected chi connectivity index (χ2v) is 6.43. The minimum Gasteiger partial charge on any atom is -0.345 e. The third kappa shape index (κ3) is 2.86. The molecule has 4 aromatic rings. The zero-order valence-corrected chi connectivity index (χ0v) is 14.8. The number of amides is 1. The molecule has 0 bridgehead atoms. The lowest BCUT2D eigenvalue weighted by molar-refractivity contribution is 0.0827. The second kappa shape index (κ2) is 6.48. The fraction of sp³-hybridized carbons (Fsp3) is 0.0909. The largest absolute Gasteiger partial charge is 0.345 e. The first kappa shape index (κ1) is 16.1. The van der Waals surface area contributed by atoms with Crippen LogP contribution in [0, 0.1) is 0 Å². The summed E-state index contributed by atoms with van der Waals surface area (Å²) in [5.74, 6) is 0.00119. The van der Waals surface area contributed by atoms with Gasteiger partial charge in [0.1, 0.15) is 6.33 Å². The minimum absolute atomic E-state index is 0.00119. The molecule has 0 fully saturated rings. The predicted molar refractivity (Wildman–Crippen MR) is 105 cm³/mol. The van der Waals surface area contributed by atoms with Gasteiger partial charge in [-0.25, -0.2) is 4.98 Å². The molecule has 4 heteroatoms. The molecular formula is C22H19N3O. The number of para-hydroxylation sites is 1. The van der Waals surface area contributed by atoms with Crippen molar-refractivity contribution in [1.82, 2.24) is 14.5 Å². The molecule has 0 aliphatic heterocycles. The van der Waals surface area contributed by atoms with E-state index in [1.807, 2.05) is 48.8 Å². The van der Waals surface area contributed by atoms with Gasteiger partial charge < -0.3 is 4.90 Å². The van der Waals surface area contributed by atoms with Crippen LogP contribution in [-0.4, -0.2) is 34.5 Å². The van der Waals surface area contributed by atoms with Crippen molar-refractivity contribution in [3.63, 3.8) is 0 Å². The Labute approximate surface area is 152 Å². The summed E-state index contributed by atoms with van der Waals surface area (Å²) in [5.41, 5.74) is 5.80. The van der Waals surface area contributed by atoms with Crippen LogP contribution in [0.5, 0.6) is 0 Å². The molecule has 0 atom stereocenters. The van der Waals surface area contributed by atoms with E-state index in [1.54, 1.807) is 19.0 Å². The van der Waals surface area contributed by atoms with Crippen LogP contribution in [0.4, 0.5) is 0 Å². The van der Waals surface area contributed by atoms with Gasteiger partial charge >= 0.3 is 0 Å². The average molecular weight is 341 g/mol. The molecule has 3 aromatic carbocycles. The van der Waals surface area contributed by atoms with Gasteiger partial charge in [-0.1, -0.05) is 36.4 Å². The van der Waals surface area contributed by atoms with E-state index >= 15 is 0 Å². The normalized spacial score (nSPS) is 10.8. The quantitative estimate of drug-likeness (QED) is 0.554. The van der Waals surface area contributed by atoms with E-state index in [9.17, 15) is 4.79 Å². The fourth-order valence-corrected chi connectivity index (χ4v) is 3.08. The summed E-state index contributed by atoms with van der Waals surface area (Å²) in [5, 5.41) is 0. The first-order valence-corrected chi connectivity index (χ1v) is 8.48. The highest BCUT2D eigenvalue weighted by atomic mass is 16.2. The molecule has 0 radical (unpaired) electrons. The monoisotopic (exact) mass is 341 g/mol. The van der Waals surface area contributed by atoms with Gasteiger partial charge in [0.15, 0.2) is 0 Å². The van der Waals surface area contributed by atoms with Crippen molar-refractivity contribution >= 4 is 16.9 Å². The second-order valence-electron chi connectivity index (χ2n) is 6.43. The highest BCUT2D eigenvalue weighted by molar-refractivity contribution is 5.95. The van der Waals surface area contributed by atoms with Crippen LogP contribution >= 0.6 is 0 Å². The zero-order valence-electron chi connectivity index (χ0n) is 14.8. The Morgan fingerprint density at radius 3 is 2.42 bits per heavy atom. The Balaban J connectivity index is 1.75. The highest BCUT2D eigenvalue weighted by Crippen LogP contribution is 2.26. The Kier molecular flexibility index (Phi) is 4.01. The number of carbonyl (C=O) groups is 1. The Morgan fingerprint density at radius 1 is 0.885 bits per heavy atom. The Hall–Kier alpha value is -3.40. The molecular weight excluding hydrogens is 322 g/mol. The molecule has 1 amide bonds. The predicted octanol–water partition coefficient (Wildman–Crippen LogP) is 4.39. The van der Waals surface area contributed by atoms with E-state index in [0.29, 0.717) is 5.56 Å². The van der Waals surface area contributed by atoms with E-state index in [4.69, 9.17) is 0 Å². The van der Waals surface area contributed by atoms with E-state index < -0.39 is 0 Å². The Morgan fingerprint density at radius 2 is 1.65 bits per heavy atom. The zero-order chi connectivity index (χ0) is 18.1. The lowest BCUT2D eigenvalue weighted by Crippen LogP contribution is -2.21. The van der Waals surface area contributed by atoms with Gasteiger partial charge in [-0.15, -0.1) is 0 Å². The van der Waals surface area contributed by atoms with Crippen LogP contribution in [-0.2, 0) is 0 Å². The van der Waals surface area contributed by atoms with Gasteiger partial charge in [0, 0.05) is 25.3 Å².